The molecule has 3 rings (SSSR count). The van der Waals surface area contributed by atoms with Crippen LogP contribution in [0.2, 0.25) is 5.02 Å². The van der Waals surface area contributed by atoms with Gasteiger partial charge in [-0.1, -0.05) is 28.9 Å². The Labute approximate surface area is 138 Å². The third-order valence-electron chi connectivity index (χ3n) is 3.00. The molecule has 118 valence electrons. The summed E-state index contributed by atoms with van der Waals surface area (Å²) >= 11 is 5.84. The summed E-state index contributed by atoms with van der Waals surface area (Å²) in [5, 5.41) is 4.07. The highest BCUT2D eigenvalue weighted by Crippen LogP contribution is 2.24. The zero-order valence-corrected chi connectivity index (χ0v) is 13.6. The van der Waals surface area contributed by atoms with E-state index in [4.69, 9.17) is 16.1 Å². The van der Waals surface area contributed by atoms with Crippen LogP contribution in [0.25, 0.3) is 11.5 Å². The van der Waals surface area contributed by atoms with Crippen molar-refractivity contribution in [1.29, 1.82) is 0 Å². The van der Waals surface area contributed by atoms with Crippen LogP contribution >= 0.6 is 11.6 Å². The molecule has 0 radical (unpaired) electrons. The number of anilines is 1. The molecule has 0 unspecified atom stereocenters. The zero-order valence-electron chi connectivity index (χ0n) is 12.0. The highest BCUT2D eigenvalue weighted by atomic mass is 35.5. The molecule has 3 aromatic rings. The van der Waals surface area contributed by atoms with E-state index in [1.54, 1.807) is 43.3 Å². The lowest BCUT2D eigenvalue weighted by molar-refractivity contribution is 0.425. The largest absolute Gasteiger partial charge is 0.334 e. The normalized spacial score (nSPS) is 11.4. The standard InChI is InChI=1S/C15H12ClN3O3S/c1-10-17-15(22-18-10)11-4-2-6-13(8-11)19-23(20,21)14-7-3-5-12(16)9-14/h2-9,19H,1H3. The van der Waals surface area contributed by atoms with Gasteiger partial charge in [0.2, 0.25) is 0 Å². The van der Waals surface area contributed by atoms with E-state index in [2.05, 4.69) is 14.9 Å². The zero-order chi connectivity index (χ0) is 16.4. The van der Waals surface area contributed by atoms with Crippen molar-refractivity contribution in [1.82, 2.24) is 10.1 Å². The fourth-order valence-corrected chi connectivity index (χ4v) is 3.33. The van der Waals surface area contributed by atoms with Crippen LogP contribution < -0.4 is 4.72 Å². The summed E-state index contributed by atoms with van der Waals surface area (Å²) in [4.78, 5) is 4.20. The lowest BCUT2D eigenvalue weighted by Gasteiger charge is -2.09. The second kappa shape index (κ2) is 6.02. The van der Waals surface area contributed by atoms with Crippen molar-refractivity contribution in [2.24, 2.45) is 0 Å². The summed E-state index contributed by atoms with van der Waals surface area (Å²) in [6, 6.07) is 12.8. The molecule has 0 bridgehead atoms. The van der Waals surface area contributed by atoms with Gasteiger partial charge in [0, 0.05) is 16.3 Å². The van der Waals surface area contributed by atoms with Gasteiger partial charge in [-0.2, -0.15) is 4.98 Å². The van der Waals surface area contributed by atoms with Crippen molar-refractivity contribution in [3.05, 3.63) is 59.4 Å². The predicted molar refractivity (Wildman–Crippen MR) is 86.7 cm³/mol. The number of benzene rings is 2. The Kier molecular flexibility index (Phi) is 4.06. The van der Waals surface area contributed by atoms with Gasteiger partial charge in [-0.15, -0.1) is 0 Å². The summed E-state index contributed by atoms with van der Waals surface area (Å²) < 4.78 is 32.4. The predicted octanol–water partition coefficient (Wildman–Crippen LogP) is 3.50. The fraction of sp³-hybridized carbons (Fsp3) is 0.0667. The van der Waals surface area contributed by atoms with Crippen LogP contribution in [0.3, 0.4) is 0 Å². The minimum Gasteiger partial charge on any atom is -0.334 e. The van der Waals surface area contributed by atoms with E-state index in [0.29, 0.717) is 28.0 Å². The minimum absolute atomic E-state index is 0.0871. The smallest absolute Gasteiger partial charge is 0.261 e. The number of aryl methyl sites for hydroxylation is 1. The van der Waals surface area contributed by atoms with Gasteiger partial charge in [0.15, 0.2) is 5.82 Å². The number of nitrogens with one attached hydrogen (secondary N) is 1. The van der Waals surface area contributed by atoms with Gasteiger partial charge in [0.25, 0.3) is 15.9 Å². The molecule has 0 fully saturated rings. The molecule has 23 heavy (non-hydrogen) atoms. The van der Waals surface area contributed by atoms with E-state index in [1.165, 1.54) is 12.1 Å². The highest BCUT2D eigenvalue weighted by molar-refractivity contribution is 7.92. The molecule has 8 heteroatoms. The maximum Gasteiger partial charge on any atom is 0.261 e. The van der Waals surface area contributed by atoms with Crippen LogP contribution in [0.1, 0.15) is 5.82 Å². The fourth-order valence-electron chi connectivity index (χ4n) is 1.98. The van der Waals surface area contributed by atoms with Gasteiger partial charge in [-0.25, -0.2) is 8.42 Å². The molecule has 0 aliphatic carbocycles. The number of sulfonamides is 1. The Balaban J connectivity index is 1.91. The van der Waals surface area contributed by atoms with Crippen LogP contribution in [-0.4, -0.2) is 18.6 Å². The van der Waals surface area contributed by atoms with Gasteiger partial charge in [-0.3, -0.25) is 4.72 Å². The van der Waals surface area contributed by atoms with Gasteiger partial charge in [-0.05, 0) is 43.3 Å². The van der Waals surface area contributed by atoms with E-state index >= 15 is 0 Å². The second-order valence-corrected chi connectivity index (χ2v) is 6.91. The van der Waals surface area contributed by atoms with Crippen LogP contribution in [0.15, 0.2) is 57.9 Å². The molecule has 2 aromatic carbocycles. The Morgan fingerprint density at radius 2 is 1.91 bits per heavy atom. The number of nitrogens with zero attached hydrogens (tertiary/aromatic N) is 2. The topological polar surface area (TPSA) is 85.1 Å². The van der Waals surface area contributed by atoms with E-state index in [9.17, 15) is 8.42 Å². The second-order valence-electron chi connectivity index (χ2n) is 4.79. The molecule has 0 spiro atoms. The van der Waals surface area contributed by atoms with Crippen molar-refractivity contribution in [2.75, 3.05) is 4.72 Å². The van der Waals surface area contributed by atoms with Gasteiger partial charge < -0.3 is 4.52 Å². The number of aromatic nitrogens is 2. The number of hydrogen-bond acceptors (Lipinski definition) is 5. The van der Waals surface area contributed by atoms with Crippen molar-refractivity contribution in [2.45, 2.75) is 11.8 Å². The summed E-state index contributed by atoms with van der Waals surface area (Å²) in [6.07, 6.45) is 0. The average molecular weight is 350 g/mol. The number of hydrogen-bond donors (Lipinski definition) is 1. The van der Waals surface area contributed by atoms with E-state index in [1.807, 2.05) is 0 Å². The molecule has 0 saturated carbocycles. The minimum atomic E-state index is -3.73. The third-order valence-corrected chi connectivity index (χ3v) is 4.61. The first-order valence-corrected chi connectivity index (χ1v) is 8.49. The molecule has 1 N–H and O–H groups in total. The first kappa shape index (κ1) is 15.5. The first-order valence-electron chi connectivity index (χ1n) is 6.63. The van der Waals surface area contributed by atoms with E-state index < -0.39 is 10.0 Å². The summed E-state index contributed by atoms with van der Waals surface area (Å²) in [6.45, 7) is 1.71. The lowest BCUT2D eigenvalue weighted by atomic mass is 10.2. The van der Waals surface area contributed by atoms with Crippen molar-refractivity contribution in [3.8, 4) is 11.5 Å². The Hall–Kier alpha value is -2.38. The van der Waals surface area contributed by atoms with Crippen LogP contribution in [0, 0.1) is 6.92 Å². The van der Waals surface area contributed by atoms with E-state index in [-0.39, 0.29) is 4.90 Å². The van der Waals surface area contributed by atoms with E-state index in [0.717, 1.165) is 0 Å². The molecule has 1 aromatic heterocycles. The number of halogens is 1. The van der Waals surface area contributed by atoms with Crippen molar-refractivity contribution >= 4 is 27.3 Å². The monoisotopic (exact) mass is 349 g/mol. The maximum absolute atomic E-state index is 12.4. The van der Waals surface area contributed by atoms with Crippen LogP contribution in [-0.2, 0) is 10.0 Å². The summed E-state index contributed by atoms with van der Waals surface area (Å²) in [7, 11) is -3.73. The molecular formula is C15H12ClN3O3S. The molecule has 0 atom stereocenters. The Morgan fingerprint density at radius 3 is 2.61 bits per heavy atom. The molecule has 1 heterocycles. The van der Waals surface area contributed by atoms with Gasteiger partial charge in [0.1, 0.15) is 0 Å². The molecular weight excluding hydrogens is 338 g/mol. The third kappa shape index (κ3) is 3.52. The van der Waals surface area contributed by atoms with Crippen molar-refractivity contribution in [3.63, 3.8) is 0 Å². The quantitative estimate of drug-likeness (QED) is 0.779. The van der Waals surface area contributed by atoms with Crippen LogP contribution in [0.5, 0.6) is 0 Å². The molecule has 6 nitrogen and oxygen atoms in total. The van der Waals surface area contributed by atoms with Crippen molar-refractivity contribution < 1.29 is 12.9 Å². The molecule has 0 aliphatic rings. The number of rotatable bonds is 4. The molecule has 0 saturated heterocycles. The highest BCUT2D eigenvalue weighted by Gasteiger charge is 2.15. The average Bonchev–Trinajstić information content (AvgIpc) is 2.94. The Morgan fingerprint density at radius 1 is 1.13 bits per heavy atom. The van der Waals surface area contributed by atoms with Gasteiger partial charge >= 0.3 is 0 Å². The maximum atomic E-state index is 12.4. The summed E-state index contributed by atoms with van der Waals surface area (Å²) in [5.41, 5.74) is 1.01. The van der Waals surface area contributed by atoms with Crippen LogP contribution in [0.4, 0.5) is 5.69 Å². The SMILES string of the molecule is Cc1noc(-c2cccc(NS(=O)(=O)c3cccc(Cl)c3)c2)n1. The molecule has 0 aliphatic heterocycles. The lowest BCUT2D eigenvalue weighted by Crippen LogP contribution is -2.12. The Bertz CT molecular complexity index is 954. The first-order chi connectivity index (χ1) is 10.9. The molecule has 0 amide bonds. The van der Waals surface area contributed by atoms with Gasteiger partial charge in [0.05, 0.1) is 4.90 Å². The summed E-state index contributed by atoms with van der Waals surface area (Å²) in [5.74, 6) is 0.830.